The number of pyridine rings is 1. The first-order chi connectivity index (χ1) is 10.2. The minimum atomic E-state index is -0.739. The number of aromatic nitrogens is 1. The molecule has 0 radical (unpaired) electrons. The van der Waals surface area contributed by atoms with Crippen LogP contribution >= 0.6 is 0 Å². The van der Waals surface area contributed by atoms with Gasteiger partial charge in [0.25, 0.3) is 11.8 Å². The summed E-state index contributed by atoms with van der Waals surface area (Å²) < 4.78 is 5.44. The fraction of sp³-hybridized carbons (Fsp3) is 0.133. The normalized spacial score (nSPS) is 11.3. The van der Waals surface area contributed by atoms with Gasteiger partial charge in [0.2, 0.25) is 0 Å². The fourth-order valence-corrected chi connectivity index (χ4v) is 1.54. The van der Waals surface area contributed by atoms with Gasteiger partial charge in [-0.2, -0.15) is 0 Å². The lowest BCUT2D eigenvalue weighted by atomic mass is 10.3. The molecule has 2 amide bonds. The number of amides is 2. The van der Waals surface area contributed by atoms with Gasteiger partial charge in [0, 0.05) is 6.20 Å². The van der Waals surface area contributed by atoms with E-state index < -0.39 is 17.9 Å². The Morgan fingerprint density at radius 3 is 2.43 bits per heavy atom. The summed E-state index contributed by atoms with van der Waals surface area (Å²) in [5.74, 6) is -0.366. The summed E-state index contributed by atoms with van der Waals surface area (Å²) in [5, 5.41) is 0. The maximum atomic E-state index is 11.8. The highest BCUT2D eigenvalue weighted by molar-refractivity contribution is 5.94. The van der Waals surface area contributed by atoms with Gasteiger partial charge in [-0.05, 0) is 31.2 Å². The van der Waals surface area contributed by atoms with Gasteiger partial charge in [-0.15, -0.1) is 0 Å². The molecule has 0 aliphatic heterocycles. The van der Waals surface area contributed by atoms with Crippen LogP contribution in [-0.4, -0.2) is 22.9 Å². The summed E-state index contributed by atoms with van der Waals surface area (Å²) in [6.45, 7) is 1.59. The molecule has 0 aliphatic rings. The minimum Gasteiger partial charge on any atom is -0.481 e. The van der Waals surface area contributed by atoms with Crippen LogP contribution in [0, 0.1) is 0 Å². The van der Waals surface area contributed by atoms with E-state index in [2.05, 4.69) is 15.8 Å². The summed E-state index contributed by atoms with van der Waals surface area (Å²) in [6.07, 6.45) is 0.758. The van der Waals surface area contributed by atoms with Gasteiger partial charge >= 0.3 is 0 Å². The molecule has 0 spiro atoms. The quantitative estimate of drug-likeness (QED) is 0.830. The molecule has 21 heavy (non-hydrogen) atoms. The van der Waals surface area contributed by atoms with Gasteiger partial charge in [0.1, 0.15) is 11.4 Å². The van der Waals surface area contributed by atoms with Crippen molar-refractivity contribution in [3.8, 4) is 5.75 Å². The molecule has 2 rings (SSSR count). The topological polar surface area (TPSA) is 80.3 Å². The summed E-state index contributed by atoms with van der Waals surface area (Å²) in [5.41, 5.74) is 4.80. The Morgan fingerprint density at radius 2 is 1.76 bits per heavy atom. The Kier molecular flexibility index (Phi) is 4.87. The summed E-state index contributed by atoms with van der Waals surface area (Å²) >= 11 is 0. The van der Waals surface area contributed by atoms with E-state index >= 15 is 0 Å². The highest BCUT2D eigenvalue weighted by atomic mass is 16.5. The highest BCUT2D eigenvalue weighted by Crippen LogP contribution is 2.10. The van der Waals surface area contributed by atoms with E-state index in [0.717, 1.165) is 0 Å². The second-order valence-corrected chi connectivity index (χ2v) is 4.23. The lowest BCUT2D eigenvalue weighted by Crippen LogP contribution is -2.47. The van der Waals surface area contributed by atoms with E-state index in [1.807, 2.05) is 18.2 Å². The fourth-order valence-electron chi connectivity index (χ4n) is 1.54. The second kappa shape index (κ2) is 7.04. The van der Waals surface area contributed by atoms with Crippen molar-refractivity contribution in [3.63, 3.8) is 0 Å². The van der Waals surface area contributed by atoms with Gasteiger partial charge in [0.05, 0.1) is 0 Å². The van der Waals surface area contributed by atoms with Crippen molar-refractivity contribution in [1.82, 2.24) is 15.8 Å². The molecule has 1 aromatic heterocycles. The number of nitrogens with one attached hydrogen (secondary N) is 2. The molecule has 108 valence electrons. The number of hydrogen-bond acceptors (Lipinski definition) is 4. The number of hydrogen-bond donors (Lipinski definition) is 2. The molecule has 0 unspecified atom stereocenters. The number of rotatable bonds is 4. The number of ether oxygens (including phenoxy) is 1. The maximum absolute atomic E-state index is 11.8. The summed E-state index contributed by atoms with van der Waals surface area (Å²) in [7, 11) is 0. The number of hydrazine groups is 1. The van der Waals surface area contributed by atoms with E-state index in [4.69, 9.17) is 4.74 Å². The van der Waals surface area contributed by atoms with Crippen molar-refractivity contribution in [2.75, 3.05) is 0 Å². The van der Waals surface area contributed by atoms with Crippen molar-refractivity contribution < 1.29 is 14.3 Å². The van der Waals surface area contributed by atoms with Crippen LogP contribution in [0.25, 0.3) is 0 Å². The molecule has 0 aliphatic carbocycles. The smallest absolute Gasteiger partial charge is 0.288 e. The van der Waals surface area contributed by atoms with E-state index in [0.29, 0.717) is 5.75 Å². The number of benzene rings is 1. The maximum Gasteiger partial charge on any atom is 0.288 e. The standard InChI is InChI=1S/C15H15N3O3/c1-11(21-12-7-3-2-4-8-12)14(19)17-18-15(20)13-9-5-6-10-16-13/h2-11H,1H3,(H,17,19)(H,18,20)/t11-/m0/s1. The Morgan fingerprint density at radius 1 is 1.05 bits per heavy atom. The van der Waals surface area contributed by atoms with E-state index in [1.165, 1.54) is 6.20 Å². The Labute approximate surface area is 122 Å². The lowest BCUT2D eigenvalue weighted by molar-refractivity contribution is -0.128. The highest BCUT2D eigenvalue weighted by Gasteiger charge is 2.15. The molecule has 0 bridgehead atoms. The predicted octanol–water partition coefficient (Wildman–Crippen LogP) is 1.31. The largest absolute Gasteiger partial charge is 0.481 e. The summed E-state index contributed by atoms with van der Waals surface area (Å²) in [4.78, 5) is 27.4. The first-order valence-corrected chi connectivity index (χ1v) is 6.40. The van der Waals surface area contributed by atoms with E-state index in [1.54, 1.807) is 37.3 Å². The monoisotopic (exact) mass is 285 g/mol. The average Bonchev–Trinajstić information content (AvgIpc) is 2.54. The van der Waals surface area contributed by atoms with Crippen LogP contribution in [0.1, 0.15) is 17.4 Å². The molecule has 2 N–H and O–H groups in total. The molecule has 0 fully saturated rings. The molecule has 6 nitrogen and oxygen atoms in total. The zero-order valence-electron chi connectivity index (χ0n) is 11.4. The van der Waals surface area contributed by atoms with Crippen LogP contribution in [0.3, 0.4) is 0 Å². The van der Waals surface area contributed by atoms with Gasteiger partial charge in [0.15, 0.2) is 6.10 Å². The van der Waals surface area contributed by atoms with Gasteiger partial charge in [-0.25, -0.2) is 0 Å². The third-order valence-corrected chi connectivity index (χ3v) is 2.62. The van der Waals surface area contributed by atoms with Crippen LogP contribution in [-0.2, 0) is 4.79 Å². The van der Waals surface area contributed by atoms with Crippen molar-refractivity contribution >= 4 is 11.8 Å². The van der Waals surface area contributed by atoms with Gasteiger partial charge < -0.3 is 4.74 Å². The number of carbonyl (C=O) groups excluding carboxylic acids is 2. The average molecular weight is 285 g/mol. The molecule has 1 aromatic carbocycles. The lowest BCUT2D eigenvalue weighted by Gasteiger charge is -2.14. The van der Waals surface area contributed by atoms with Crippen LogP contribution in [0.5, 0.6) is 5.75 Å². The van der Waals surface area contributed by atoms with Gasteiger partial charge in [-0.3, -0.25) is 25.4 Å². The number of carbonyl (C=O) groups is 2. The van der Waals surface area contributed by atoms with Crippen molar-refractivity contribution in [3.05, 3.63) is 60.4 Å². The van der Waals surface area contributed by atoms with Crippen LogP contribution < -0.4 is 15.6 Å². The molecule has 1 atom stereocenters. The number of nitrogens with zero attached hydrogens (tertiary/aromatic N) is 1. The van der Waals surface area contributed by atoms with E-state index in [9.17, 15) is 9.59 Å². The van der Waals surface area contributed by atoms with Crippen molar-refractivity contribution in [2.24, 2.45) is 0 Å². The predicted molar refractivity (Wildman–Crippen MR) is 76.4 cm³/mol. The first kappa shape index (κ1) is 14.5. The van der Waals surface area contributed by atoms with Gasteiger partial charge in [-0.1, -0.05) is 24.3 Å². The zero-order chi connectivity index (χ0) is 15.1. The first-order valence-electron chi connectivity index (χ1n) is 6.40. The molecule has 0 saturated carbocycles. The summed E-state index contributed by atoms with van der Waals surface area (Å²) in [6, 6.07) is 13.9. The van der Waals surface area contributed by atoms with Crippen LogP contribution in [0.15, 0.2) is 54.7 Å². The number of para-hydroxylation sites is 1. The van der Waals surface area contributed by atoms with Crippen LogP contribution in [0.2, 0.25) is 0 Å². The Balaban J connectivity index is 1.83. The van der Waals surface area contributed by atoms with Crippen molar-refractivity contribution in [1.29, 1.82) is 0 Å². The Hall–Kier alpha value is -2.89. The SMILES string of the molecule is C[C@H](Oc1ccccc1)C(=O)NNC(=O)c1ccccn1. The van der Waals surface area contributed by atoms with Crippen molar-refractivity contribution in [2.45, 2.75) is 13.0 Å². The third kappa shape index (κ3) is 4.31. The van der Waals surface area contributed by atoms with Crippen LogP contribution in [0.4, 0.5) is 0 Å². The zero-order valence-corrected chi connectivity index (χ0v) is 11.4. The molecular formula is C15H15N3O3. The molecular weight excluding hydrogens is 270 g/mol. The minimum absolute atomic E-state index is 0.217. The molecule has 0 saturated heterocycles. The third-order valence-electron chi connectivity index (χ3n) is 2.62. The molecule has 6 heteroatoms. The Bertz CT molecular complexity index is 602. The second-order valence-electron chi connectivity index (χ2n) is 4.23. The molecule has 2 aromatic rings. The molecule has 1 heterocycles. The van der Waals surface area contributed by atoms with E-state index in [-0.39, 0.29) is 5.69 Å².